The fraction of sp³-hybridized carbons (Fsp3) is 0.250. The monoisotopic (exact) mass is 498 g/mol. The van der Waals surface area contributed by atoms with Gasteiger partial charge in [-0.05, 0) is 85.7 Å². The number of phenols is 1. The van der Waals surface area contributed by atoms with Crippen molar-refractivity contribution in [3.8, 4) is 5.75 Å². The van der Waals surface area contributed by atoms with Gasteiger partial charge >= 0.3 is 0 Å². The minimum atomic E-state index is -0.447. The first-order valence-corrected chi connectivity index (χ1v) is 11.9. The first kappa shape index (κ1) is 27.4. The molecule has 2 rings (SSSR count). The summed E-state index contributed by atoms with van der Waals surface area (Å²) in [6.45, 7) is 3.65. The molecule has 0 saturated carbocycles. The van der Waals surface area contributed by atoms with Crippen LogP contribution in [0.1, 0.15) is 35.1 Å². The summed E-state index contributed by atoms with van der Waals surface area (Å²) in [6, 6.07) is 10.3. The summed E-state index contributed by atoms with van der Waals surface area (Å²) in [4.78, 5) is 38.2. The molecule has 0 atom stereocenters. The van der Waals surface area contributed by atoms with E-state index in [0.717, 1.165) is 10.5 Å². The fourth-order valence-corrected chi connectivity index (χ4v) is 3.86. The van der Waals surface area contributed by atoms with Crippen molar-refractivity contribution in [2.75, 3.05) is 18.1 Å². The Balaban J connectivity index is 1.96. The second kappa shape index (κ2) is 13.2. The molecule has 0 aliphatic rings. The van der Waals surface area contributed by atoms with Crippen molar-refractivity contribution in [1.82, 2.24) is 10.3 Å². The van der Waals surface area contributed by atoms with Gasteiger partial charge in [-0.3, -0.25) is 19.3 Å². The van der Waals surface area contributed by atoms with E-state index in [4.69, 9.17) is 11.7 Å². The lowest BCUT2D eigenvalue weighted by atomic mass is 10.1. The van der Waals surface area contributed by atoms with Crippen molar-refractivity contribution in [2.45, 2.75) is 26.7 Å². The lowest BCUT2D eigenvalue weighted by Crippen LogP contribution is -2.32. The normalized spacial score (nSPS) is 11.7. The van der Waals surface area contributed by atoms with Crippen LogP contribution < -0.4 is 22.4 Å². The van der Waals surface area contributed by atoms with Gasteiger partial charge in [0.1, 0.15) is 5.75 Å². The molecule has 0 spiro atoms. The van der Waals surface area contributed by atoms with Crippen LogP contribution in [0.4, 0.5) is 5.69 Å². The van der Waals surface area contributed by atoms with E-state index in [9.17, 15) is 19.5 Å². The Kier molecular flexibility index (Phi) is 10.3. The van der Waals surface area contributed by atoms with Crippen LogP contribution in [0, 0.1) is 13.8 Å². The van der Waals surface area contributed by atoms with Crippen LogP contribution in [-0.2, 0) is 14.4 Å². The van der Waals surface area contributed by atoms with Crippen LogP contribution >= 0.6 is 11.8 Å². The van der Waals surface area contributed by atoms with Gasteiger partial charge in [-0.2, -0.15) is 5.10 Å². The number of hydrogen-bond donors (Lipinski definition) is 5. The standard InChI is InChI=1S/C24H30N6O4S/c1-15-11-17(12-16(2)22(15)33)13-20(35-3)24(34)30(14-31)10-4-5-21(32)27-19-8-6-18(7-9-19)23(28-25)29-26/h6-9,11-14,33H,4-5,10,25-26H2,1-3H3,(H,27,32)(H,28,29)/b20-13-. The van der Waals surface area contributed by atoms with Gasteiger partial charge in [0.2, 0.25) is 12.3 Å². The highest BCUT2D eigenvalue weighted by atomic mass is 32.2. The molecule has 0 radical (unpaired) electrons. The lowest BCUT2D eigenvalue weighted by Gasteiger charge is -2.17. The van der Waals surface area contributed by atoms with E-state index in [1.54, 1.807) is 62.6 Å². The molecule has 0 saturated heterocycles. The smallest absolute Gasteiger partial charge is 0.266 e. The zero-order valence-corrected chi connectivity index (χ0v) is 20.7. The zero-order valence-electron chi connectivity index (χ0n) is 19.9. The van der Waals surface area contributed by atoms with Crippen molar-refractivity contribution in [1.29, 1.82) is 0 Å². The molecule has 0 aliphatic heterocycles. The summed E-state index contributed by atoms with van der Waals surface area (Å²) in [5, 5.41) is 16.2. The van der Waals surface area contributed by atoms with E-state index in [-0.39, 0.29) is 24.6 Å². The van der Waals surface area contributed by atoms with Crippen molar-refractivity contribution in [3.63, 3.8) is 0 Å². The number of aromatic hydroxyl groups is 1. The average molecular weight is 499 g/mol. The maximum Gasteiger partial charge on any atom is 0.266 e. The van der Waals surface area contributed by atoms with Gasteiger partial charge < -0.3 is 21.7 Å². The summed E-state index contributed by atoms with van der Waals surface area (Å²) in [7, 11) is 0. The molecule has 0 heterocycles. The number of hydrazine groups is 1. The number of nitrogens with one attached hydrogen (secondary N) is 2. The molecule has 0 aromatic heterocycles. The van der Waals surface area contributed by atoms with E-state index < -0.39 is 5.91 Å². The van der Waals surface area contributed by atoms with Crippen LogP contribution in [0.2, 0.25) is 0 Å². The summed E-state index contributed by atoms with van der Waals surface area (Å²) in [5.74, 6) is 10.4. The summed E-state index contributed by atoms with van der Waals surface area (Å²) in [6.07, 6.45) is 4.32. The van der Waals surface area contributed by atoms with E-state index >= 15 is 0 Å². The summed E-state index contributed by atoms with van der Waals surface area (Å²) >= 11 is 1.22. The van der Waals surface area contributed by atoms with Crippen LogP contribution in [0.5, 0.6) is 5.75 Å². The van der Waals surface area contributed by atoms with Crippen LogP contribution in [-0.4, -0.2) is 46.9 Å². The molecule has 0 aliphatic carbocycles. The number of carbonyl (C=O) groups is 3. The Morgan fingerprint density at radius 3 is 2.31 bits per heavy atom. The number of anilines is 1. The number of aryl methyl sites for hydroxylation is 2. The Bertz CT molecular complexity index is 1110. The second-order valence-electron chi connectivity index (χ2n) is 7.67. The number of hydrogen-bond acceptors (Lipinski definition) is 8. The highest BCUT2D eigenvalue weighted by molar-refractivity contribution is 8.03. The predicted octanol–water partition coefficient (Wildman–Crippen LogP) is 2.20. The number of benzene rings is 2. The SMILES string of the molecule is CS/C(=C\c1cc(C)c(O)c(C)c1)C(=O)N(C=O)CCCC(=O)Nc1ccc(/C(=N/N)NN)cc1. The van der Waals surface area contributed by atoms with Crippen molar-refractivity contribution >= 4 is 47.6 Å². The molecule has 10 nitrogen and oxygen atoms in total. The maximum absolute atomic E-state index is 12.9. The Hall–Kier alpha value is -3.83. The number of nitrogens with two attached hydrogens (primary N) is 2. The molecule has 2 aromatic carbocycles. The Morgan fingerprint density at radius 1 is 1.17 bits per heavy atom. The van der Waals surface area contributed by atoms with Gasteiger partial charge in [0.05, 0.1) is 4.91 Å². The highest BCUT2D eigenvalue weighted by Gasteiger charge is 2.18. The number of rotatable bonds is 10. The molecule has 0 fully saturated rings. The van der Waals surface area contributed by atoms with Gasteiger partial charge in [-0.1, -0.05) is 0 Å². The van der Waals surface area contributed by atoms with E-state index in [1.807, 2.05) is 0 Å². The highest BCUT2D eigenvalue weighted by Crippen LogP contribution is 2.26. The molecular weight excluding hydrogens is 468 g/mol. The quantitative estimate of drug-likeness (QED) is 0.0831. The van der Waals surface area contributed by atoms with Crippen LogP contribution in [0.25, 0.3) is 6.08 Å². The molecule has 3 amide bonds. The molecule has 11 heteroatoms. The van der Waals surface area contributed by atoms with Gasteiger partial charge in [0.15, 0.2) is 5.84 Å². The maximum atomic E-state index is 12.9. The minimum absolute atomic E-state index is 0.0960. The Morgan fingerprint density at radius 2 is 1.80 bits per heavy atom. The number of hydrazone groups is 1. The van der Waals surface area contributed by atoms with Crippen LogP contribution in [0.15, 0.2) is 46.4 Å². The molecule has 186 valence electrons. The predicted molar refractivity (Wildman–Crippen MR) is 139 cm³/mol. The number of imide groups is 1. The topological polar surface area (TPSA) is 163 Å². The second-order valence-corrected chi connectivity index (χ2v) is 8.52. The number of thioether (sulfide) groups is 1. The van der Waals surface area contributed by atoms with Crippen molar-refractivity contribution in [2.24, 2.45) is 16.8 Å². The van der Waals surface area contributed by atoms with E-state index in [0.29, 0.717) is 45.9 Å². The fourth-order valence-electron chi connectivity index (χ4n) is 3.32. The summed E-state index contributed by atoms with van der Waals surface area (Å²) < 4.78 is 0. The average Bonchev–Trinajstić information content (AvgIpc) is 2.85. The third-order valence-electron chi connectivity index (χ3n) is 5.14. The molecule has 0 unspecified atom stereocenters. The van der Waals surface area contributed by atoms with Gasteiger partial charge in [-0.15, -0.1) is 11.8 Å². The largest absolute Gasteiger partial charge is 0.507 e. The van der Waals surface area contributed by atoms with Crippen LogP contribution in [0.3, 0.4) is 0 Å². The number of amidine groups is 1. The number of phenolic OH excluding ortho intramolecular Hbond substituents is 1. The van der Waals surface area contributed by atoms with Crippen molar-refractivity contribution in [3.05, 3.63) is 63.6 Å². The summed E-state index contributed by atoms with van der Waals surface area (Å²) in [5.41, 5.74) is 5.74. The van der Waals surface area contributed by atoms with Gasteiger partial charge in [-0.25, -0.2) is 5.84 Å². The van der Waals surface area contributed by atoms with Crippen molar-refractivity contribution < 1.29 is 19.5 Å². The third-order valence-corrected chi connectivity index (χ3v) is 5.87. The van der Waals surface area contributed by atoms with Gasteiger partial charge in [0.25, 0.3) is 5.91 Å². The van der Waals surface area contributed by atoms with Gasteiger partial charge in [0, 0.05) is 24.2 Å². The molecule has 0 bridgehead atoms. The Labute approximate surface area is 208 Å². The lowest BCUT2D eigenvalue weighted by molar-refractivity contribution is -0.135. The third kappa shape index (κ3) is 7.59. The molecular formula is C24H30N6O4S. The zero-order chi connectivity index (χ0) is 26.0. The number of nitrogens with zero attached hydrogens (tertiary/aromatic N) is 2. The number of carbonyl (C=O) groups excluding carboxylic acids is 3. The van der Waals surface area contributed by atoms with E-state index in [2.05, 4.69) is 15.8 Å². The first-order chi connectivity index (χ1) is 16.7. The minimum Gasteiger partial charge on any atom is -0.507 e. The molecule has 35 heavy (non-hydrogen) atoms. The first-order valence-electron chi connectivity index (χ1n) is 10.7. The van der Waals surface area contributed by atoms with E-state index in [1.165, 1.54) is 11.8 Å². The molecule has 2 aromatic rings. The number of amides is 3. The molecule has 7 N–H and O–H groups in total.